The third-order valence-corrected chi connectivity index (χ3v) is 6.50. The van der Waals surface area contributed by atoms with E-state index in [-0.39, 0.29) is 0 Å². The predicted molar refractivity (Wildman–Crippen MR) is 127 cm³/mol. The molecule has 0 unspecified atom stereocenters. The molecule has 162 valence electrons. The van der Waals surface area contributed by atoms with Crippen LogP contribution in [-0.4, -0.2) is 13.8 Å². The minimum absolute atomic E-state index is 0.307. The van der Waals surface area contributed by atoms with Crippen LogP contribution in [0.4, 0.5) is 5.69 Å². The van der Waals surface area contributed by atoms with Crippen molar-refractivity contribution in [1.82, 2.24) is 0 Å². The van der Waals surface area contributed by atoms with E-state index in [4.69, 9.17) is 37.1 Å². The Morgan fingerprint density at radius 2 is 1.84 bits per heavy atom. The third kappa shape index (κ3) is 3.48. The van der Waals surface area contributed by atoms with Crippen LogP contribution in [0.2, 0.25) is 10.0 Å². The predicted octanol–water partition coefficient (Wildman–Crippen LogP) is 6.44. The normalized spacial score (nSPS) is 13.1. The SMILES string of the molecule is COc1ccc(-c2cc(=O)oc3c(C)c4c(cc23)CN(c2cccc(Cl)c2Cl)CO4)cc1. The van der Waals surface area contributed by atoms with E-state index in [1.54, 1.807) is 13.2 Å². The van der Waals surface area contributed by atoms with Crippen molar-refractivity contribution < 1.29 is 13.9 Å². The highest BCUT2D eigenvalue weighted by Crippen LogP contribution is 2.41. The zero-order valence-corrected chi connectivity index (χ0v) is 19.0. The van der Waals surface area contributed by atoms with Gasteiger partial charge in [0.25, 0.3) is 0 Å². The molecule has 5 nitrogen and oxygen atoms in total. The van der Waals surface area contributed by atoms with Crippen LogP contribution >= 0.6 is 23.2 Å². The summed E-state index contributed by atoms with van der Waals surface area (Å²) in [7, 11) is 1.62. The number of hydrogen-bond acceptors (Lipinski definition) is 5. The molecule has 5 rings (SSSR count). The van der Waals surface area contributed by atoms with E-state index in [1.807, 2.05) is 54.3 Å². The van der Waals surface area contributed by atoms with Gasteiger partial charge in [0.15, 0.2) is 6.73 Å². The van der Waals surface area contributed by atoms with Gasteiger partial charge in [0.1, 0.15) is 17.1 Å². The number of rotatable bonds is 3. The first-order chi connectivity index (χ1) is 15.5. The molecule has 0 amide bonds. The lowest BCUT2D eigenvalue weighted by Crippen LogP contribution is -2.32. The van der Waals surface area contributed by atoms with Crippen molar-refractivity contribution in [3.8, 4) is 22.6 Å². The molecule has 3 aromatic carbocycles. The van der Waals surface area contributed by atoms with Crippen LogP contribution in [0, 0.1) is 6.92 Å². The van der Waals surface area contributed by atoms with Gasteiger partial charge in [0.2, 0.25) is 0 Å². The summed E-state index contributed by atoms with van der Waals surface area (Å²) in [4.78, 5) is 14.4. The molecule has 7 heteroatoms. The van der Waals surface area contributed by atoms with Crippen molar-refractivity contribution in [2.75, 3.05) is 18.7 Å². The minimum atomic E-state index is -0.408. The molecule has 0 atom stereocenters. The number of anilines is 1. The van der Waals surface area contributed by atoms with E-state index >= 15 is 0 Å². The van der Waals surface area contributed by atoms with Gasteiger partial charge in [-0.25, -0.2) is 4.79 Å². The first-order valence-corrected chi connectivity index (χ1v) is 10.8. The average molecular weight is 468 g/mol. The molecule has 2 heterocycles. The number of methoxy groups -OCH3 is 1. The van der Waals surface area contributed by atoms with Crippen molar-refractivity contribution in [1.29, 1.82) is 0 Å². The molecular formula is C25H19Cl2NO4. The van der Waals surface area contributed by atoms with Gasteiger partial charge in [-0.3, -0.25) is 0 Å². The maximum atomic E-state index is 12.4. The van der Waals surface area contributed by atoms with E-state index in [0.717, 1.165) is 44.8 Å². The molecule has 1 aliphatic heterocycles. The van der Waals surface area contributed by atoms with Gasteiger partial charge in [-0.2, -0.15) is 0 Å². The minimum Gasteiger partial charge on any atom is -0.497 e. The zero-order chi connectivity index (χ0) is 22.4. The maximum absolute atomic E-state index is 12.4. The summed E-state index contributed by atoms with van der Waals surface area (Å²) in [6.07, 6.45) is 0. The first-order valence-electron chi connectivity index (χ1n) is 10.0. The summed E-state index contributed by atoms with van der Waals surface area (Å²) >= 11 is 12.6. The van der Waals surface area contributed by atoms with Crippen LogP contribution in [0.25, 0.3) is 22.1 Å². The molecule has 32 heavy (non-hydrogen) atoms. The van der Waals surface area contributed by atoms with E-state index in [9.17, 15) is 4.79 Å². The summed E-state index contributed by atoms with van der Waals surface area (Å²) in [5, 5.41) is 1.82. The second-order valence-corrected chi connectivity index (χ2v) is 8.40. The number of benzene rings is 3. The van der Waals surface area contributed by atoms with Crippen LogP contribution in [-0.2, 0) is 6.54 Å². The van der Waals surface area contributed by atoms with E-state index in [1.165, 1.54) is 6.07 Å². The molecule has 4 aromatic rings. The number of nitrogens with zero attached hydrogens (tertiary/aromatic N) is 1. The van der Waals surface area contributed by atoms with Gasteiger partial charge in [0.05, 0.1) is 22.8 Å². The standard InChI is InChI=1S/C25H19Cl2NO4/c1-14-24-16(12-28(13-31-24)21-5-3-4-20(26)23(21)27)10-19-18(11-22(29)32-25(14)19)15-6-8-17(30-2)9-7-15/h3-11H,12-13H2,1-2H3. The topological polar surface area (TPSA) is 51.9 Å². The fourth-order valence-corrected chi connectivity index (χ4v) is 4.54. The highest BCUT2D eigenvalue weighted by atomic mass is 35.5. The number of halogens is 2. The van der Waals surface area contributed by atoms with Gasteiger partial charge in [-0.15, -0.1) is 0 Å². The van der Waals surface area contributed by atoms with Crippen molar-refractivity contribution in [2.45, 2.75) is 13.5 Å². The first kappa shape index (κ1) is 20.7. The van der Waals surface area contributed by atoms with Crippen molar-refractivity contribution >= 4 is 39.9 Å². The Bertz CT molecular complexity index is 1400. The summed E-state index contributed by atoms with van der Waals surface area (Å²) in [6, 6.07) is 16.7. The largest absolute Gasteiger partial charge is 0.497 e. The number of aryl methyl sites for hydroxylation is 1. The van der Waals surface area contributed by atoms with E-state index in [0.29, 0.717) is 28.9 Å². The van der Waals surface area contributed by atoms with E-state index in [2.05, 4.69) is 0 Å². The fourth-order valence-electron chi connectivity index (χ4n) is 4.12. The zero-order valence-electron chi connectivity index (χ0n) is 17.4. The Hall–Kier alpha value is -3.15. The third-order valence-electron chi connectivity index (χ3n) is 5.69. The molecule has 1 aromatic heterocycles. The fraction of sp³-hybridized carbons (Fsp3) is 0.160. The van der Waals surface area contributed by atoms with Gasteiger partial charge >= 0.3 is 5.63 Å². The lowest BCUT2D eigenvalue weighted by atomic mass is 9.96. The highest BCUT2D eigenvalue weighted by Gasteiger charge is 2.25. The Morgan fingerprint density at radius 1 is 1.06 bits per heavy atom. The van der Waals surface area contributed by atoms with Gasteiger partial charge in [-0.1, -0.05) is 41.4 Å². The number of hydrogen-bond donors (Lipinski definition) is 0. The van der Waals surface area contributed by atoms with Gasteiger partial charge < -0.3 is 18.8 Å². The number of ether oxygens (including phenoxy) is 2. The lowest BCUT2D eigenvalue weighted by Gasteiger charge is -2.32. The molecule has 0 N–H and O–H groups in total. The monoisotopic (exact) mass is 467 g/mol. The van der Waals surface area contributed by atoms with Crippen LogP contribution < -0.4 is 20.0 Å². The second kappa shape index (κ2) is 8.08. The molecular weight excluding hydrogens is 449 g/mol. The summed E-state index contributed by atoms with van der Waals surface area (Å²) < 4.78 is 16.9. The van der Waals surface area contributed by atoms with Crippen LogP contribution in [0.5, 0.6) is 11.5 Å². The van der Waals surface area contributed by atoms with Crippen molar-refractivity contribution in [3.05, 3.63) is 86.2 Å². The van der Waals surface area contributed by atoms with Crippen molar-refractivity contribution in [3.63, 3.8) is 0 Å². The summed E-state index contributed by atoms with van der Waals surface area (Å²) in [5.74, 6) is 1.47. The lowest BCUT2D eigenvalue weighted by molar-refractivity contribution is 0.287. The molecule has 1 aliphatic rings. The Morgan fingerprint density at radius 3 is 2.59 bits per heavy atom. The van der Waals surface area contributed by atoms with Gasteiger partial charge in [-0.05, 0) is 48.4 Å². The van der Waals surface area contributed by atoms with Crippen LogP contribution in [0.3, 0.4) is 0 Å². The highest BCUT2D eigenvalue weighted by molar-refractivity contribution is 6.43. The molecule has 0 bridgehead atoms. The molecule has 0 spiro atoms. The smallest absolute Gasteiger partial charge is 0.336 e. The Balaban J connectivity index is 1.65. The van der Waals surface area contributed by atoms with Gasteiger partial charge in [0, 0.05) is 29.1 Å². The molecule has 0 saturated heterocycles. The molecule has 0 radical (unpaired) electrons. The Kier molecular flexibility index (Phi) is 5.24. The number of fused-ring (bicyclic) bond motifs is 2. The Labute approximate surface area is 194 Å². The summed E-state index contributed by atoms with van der Waals surface area (Å²) in [5.41, 5.74) is 4.38. The summed E-state index contributed by atoms with van der Waals surface area (Å²) in [6.45, 7) is 2.79. The maximum Gasteiger partial charge on any atom is 0.336 e. The average Bonchev–Trinajstić information content (AvgIpc) is 2.81. The molecule has 0 aliphatic carbocycles. The molecule has 0 fully saturated rings. The molecule has 0 saturated carbocycles. The second-order valence-electron chi connectivity index (χ2n) is 7.62. The van der Waals surface area contributed by atoms with Crippen LogP contribution in [0.15, 0.2) is 63.8 Å². The quantitative estimate of drug-likeness (QED) is 0.324. The van der Waals surface area contributed by atoms with Crippen molar-refractivity contribution in [2.24, 2.45) is 0 Å². The van der Waals surface area contributed by atoms with E-state index < -0.39 is 5.63 Å². The van der Waals surface area contributed by atoms with Crippen LogP contribution in [0.1, 0.15) is 11.1 Å².